The Kier molecular flexibility index (Phi) is 4.58. The molecular weight excluding hydrogens is 252 g/mol. The number of furan rings is 1. The van der Waals surface area contributed by atoms with Crippen molar-refractivity contribution in [1.82, 2.24) is 10.2 Å². The first-order valence-corrected chi connectivity index (χ1v) is 6.59. The maximum absolute atomic E-state index is 12.4. The number of hydrogen-bond acceptors (Lipinski definition) is 3. The molecule has 1 atom stereocenters. The van der Waals surface area contributed by atoms with Crippen LogP contribution in [0.3, 0.4) is 0 Å². The third-order valence-electron chi connectivity index (χ3n) is 3.17. The van der Waals surface area contributed by atoms with E-state index in [0.717, 1.165) is 16.7 Å². The van der Waals surface area contributed by atoms with Gasteiger partial charge in [0.15, 0.2) is 0 Å². The van der Waals surface area contributed by atoms with Crippen LogP contribution in [0.15, 0.2) is 47.3 Å². The van der Waals surface area contributed by atoms with Crippen LogP contribution in [-0.4, -0.2) is 24.9 Å². The summed E-state index contributed by atoms with van der Waals surface area (Å²) < 4.78 is 4.99. The van der Waals surface area contributed by atoms with Crippen LogP contribution in [0.25, 0.3) is 0 Å². The van der Waals surface area contributed by atoms with Crippen molar-refractivity contribution in [1.29, 1.82) is 0 Å². The van der Waals surface area contributed by atoms with Crippen LogP contribution >= 0.6 is 0 Å². The van der Waals surface area contributed by atoms with Crippen LogP contribution in [0.1, 0.15) is 22.7 Å². The van der Waals surface area contributed by atoms with Crippen molar-refractivity contribution in [3.8, 4) is 0 Å². The molecule has 0 radical (unpaired) electrons. The number of nitrogens with one attached hydrogen (secondary N) is 1. The lowest BCUT2D eigenvalue weighted by Crippen LogP contribution is -2.36. The summed E-state index contributed by atoms with van der Waals surface area (Å²) in [7, 11) is 3.81. The zero-order chi connectivity index (χ0) is 14.5. The van der Waals surface area contributed by atoms with Crippen molar-refractivity contribution in [2.24, 2.45) is 0 Å². The molecule has 0 saturated carbocycles. The fourth-order valence-electron chi connectivity index (χ4n) is 2.20. The van der Waals surface area contributed by atoms with E-state index in [1.54, 1.807) is 12.5 Å². The second-order valence-corrected chi connectivity index (χ2v) is 5.13. The largest absolute Gasteiger partial charge is 0.472 e. The molecule has 4 heteroatoms. The van der Waals surface area contributed by atoms with Gasteiger partial charge in [-0.1, -0.05) is 29.8 Å². The molecule has 0 aliphatic carbocycles. The monoisotopic (exact) mass is 272 g/mol. The minimum absolute atomic E-state index is 0.0122. The quantitative estimate of drug-likeness (QED) is 0.909. The van der Waals surface area contributed by atoms with E-state index in [9.17, 15) is 4.79 Å². The lowest BCUT2D eigenvalue weighted by atomic mass is 10.0. The number of nitrogens with zero attached hydrogens (tertiary/aromatic N) is 1. The van der Waals surface area contributed by atoms with Crippen LogP contribution < -0.4 is 5.32 Å². The van der Waals surface area contributed by atoms with Gasteiger partial charge in [-0.3, -0.25) is 9.69 Å². The van der Waals surface area contributed by atoms with Gasteiger partial charge >= 0.3 is 0 Å². The van der Waals surface area contributed by atoms with Crippen LogP contribution in [0.4, 0.5) is 0 Å². The topological polar surface area (TPSA) is 45.5 Å². The Hall–Kier alpha value is -2.07. The van der Waals surface area contributed by atoms with E-state index >= 15 is 0 Å². The summed E-state index contributed by atoms with van der Waals surface area (Å²) in [6.07, 6.45) is 3.24. The lowest BCUT2D eigenvalue weighted by Gasteiger charge is -2.24. The van der Waals surface area contributed by atoms with Gasteiger partial charge in [0.1, 0.15) is 6.04 Å². The number of carbonyl (C=O) groups excluding carboxylic acids is 1. The third-order valence-corrected chi connectivity index (χ3v) is 3.17. The predicted octanol–water partition coefficient (Wildman–Crippen LogP) is 2.51. The maximum atomic E-state index is 12.4. The smallest absolute Gasteiger partial charge is 0.242 e. The minimum atomic E-state index is -0.290. The Balaban J connectivity index is 2.10. The summed E-state index contributed by atoms with van der Waals surface area (Å²) in [5, 5.41) is 2.94. The summed E-state index contributed by atoms with van der Waals surface area (Å²) in [6, 6.07) is 9.58. The molecule has 0 bridgehead atoms. The number of carbonyl (C=O) groups is 1. The molecule has 0 aliphatic rings. The highest BCUT2D eigenvalue weighted by atomic mass is 16.3. The molecule has 0 saturated heterocycles. The van der Waals surface area contributed by atoms with Crippen molar-refractivity contribution < 1.29 is 9.21 Å². The number of hydrogen-bond donors (Lipinski definition) is 1. The number of aryl methyl sites for hydroxylation is 1. The molecular formula is C16H20N2O2. The molecule has 1 N–H and O–H groups in total. The van der Waals surface area contributed by atoms with Crippen molar-refractivity contribution in [2.75, 3.05) is 14.1 Å². The van der Waals surface area contributed by atoms with Crippen molar-refractivity contribution in [2.45, 2.75) is 19.5 Å². The van der Waals surface area contributed by atoms with Crippen molar-refractivity contribution >= 4 is 5.91 Å². The van der Waals surface area contributed by atoms with Gasteiger partial charge in [-0.15, -0.1) is 0 Å². The number of rotatable bonds is 5. The average molecular weight is 272 g/mol. The fraction of sp³-hybridized carbons (Fsp3) is 0.312. The molecule has 1 aromatic heterocycles. The van der Waals surface area contributed by atoms with Crippen LogP contribution in [-0.2, 0) is 11.3 Å². The van der Waals surface area contributed by atoms with Crippen LogP contribution in [0, 0.1) is 6.92 Å². The van der Waals surface area contributed by atoms with Crippen molar-refractivity contribution in [3.05, 3.63) is 59.5 Å². The summed E-state index contributed by atoms with van der Waals surface area (Å²) in [6.45, 7) is 2.51. The van der Waals surface area contributed by atoms with Gasteiger partial charge in [0.05, 0.1) is 12.5 Å². The SMILES string of the molecule is Cc1cccc([C@H](C(=O)NCc2ccoc2)N(C)C)c1. The van der Waals surface area contributed by atoms with Gasteiger partial charge < -0.3 is 9.73 Å². The molecule has 1 aromatic carbocycles. The molecule has 2 rings (SSSR count). The molecule has 106 valence electrons. The highest BCUT2D eigenvalue weighted by Crippen LogP contribution is 2.19. The molecule has 0 unspecified atom stereocenters. The number of amides is 1. The molecule has 0 spiro atoms. The zero-order valence-electron chi connectivity index (χ0n) is 12.1. The molecule has 4 nitrogen and oxygen atoms in total. The summed E-state index contributed by atoms with van der Waals surface area (Å²) in [5.74, 6) is -0.0122. The first-order chi connectivity index (χ1) is 9.58. The molecule has 2 aromatic rings. The Bertz CT molecular complexity index is 562. The van der Waals surface area contributed by atoms with E-state index in [2.05, 4.69) is 5.32 Å². The van der Waals surface area contributed by atoms with E-state index in [1.165, 1.54) is 0 Å². The average Bonchev–Trinajstić information content (AvgIpc) is 2.89. The van der Waals surface area contributed by atoms with Gasteiger partial charge in [0.2, 0.25) is 5.91 Å². The van der Waals surface area contributed by atoms with E-state index in [0.29, 0.717) is 6.54 Å². The standard InChI is InChI=1S/C16H20N2O2/c1-12-5-4-6-14(9-12)15(18(2)3)16(19)17-10-13-7-8-20-11-13/h4-9,11,15H,10H2,1-3H3,(H,17,19)/t15-/m1/s1. The summed E-state index contributed by atoms with van der Waals surface area (Å²) >= 11 is 0. The van der Waals surface area contributed by atoms with Crippen LogP contribution in [0.5, 0.6) is 0 Å². The fourth-order valence-corrected chi connectivity index (χ4v) is 2.20. The van der Waals surface area contributed by atoms with Gasteiger partial charge in [0.25, 0.3) is 0 Å². The van der Waals surface area contributed by atoms with Crippen molar-refractivity contribution in [3.63, 3.8) is 0 Å². The molecule has 0 aliphatic heterocycles. The van der Waals surface area contributed by atoms with Gasteiger partial charge in [-0.25, -0.2) is 0 Å². The van der Waals surface area contributed by atoms with E-state index in [-0.39, 0.29) is 11.9 Å². The highest BCUT2D eigenvalue weighted by Gasteiger charge is 2.22. The molecule has 1 heterocycles. The van der Waals surface area contributed by atoms with E-state index < -0.39 is 0 Å². The molecule has 0 fully saturated rings. The van der Waals surface area contributed by atoms with Gasteiger partial charge in [-0.05, 0) is 32.6 Å². The first-order valence-electron chi connectivity index (χ1n) is 6.59. The number of benzene rings is 1. The minimum Gasteiger partial charge on any atom is -0.472 e. The molecule has 20 heavy (non-hydrogen) atoms. The Morgan fingerprint density at radius 3 is 2.75 bits per heavy atom. The van der Waals surface area contributed by atoms with E-state index in [4.69, 9.17) is 4.42 Å². The van der Waals surface area contributed by atoms with E-state index in [1.807, 2.05) is 56.3 Å². The number of likely N-dealkylation sites (N-methyl/N-ethyl adjacent to an activating group) is 1. The third kappa shape index (κ3) is 3.48. The second-order valence-electron chi connectivity index (χ2n) is 5.13. The Morgan fingerprint density at radius 1 is 1.35 bits per heavy atom. The normalized spacial score (nSPS) is 12.4. The predicted molar refractivity (Wildman–Crippen MR) is 78.2 cm³/mol. The zero-order valence-corrected chi connectivity index (χ0v) is 12.1. The second kappa shape index (κ2) is 6.39. The van der Waals surface area contributed by atoms with Crippen LogP contribution in [0.2, 0.25) is 0 Å². The Labute approximate surface area is 119 Å². The first kappa shape index (κ1) is 14.3. The summed E-state index contributed by atoms with van der Waals surface area (Å²) in [5.41, 5.74) is 3.11. The van der Waals surface area contributed by atoms with Gasteiger partial charge in [0, 0.05) is 12.1 Å². The maximum Gasteiger partial charge on any atom is 0.242 e. The lowest BCUT2D eigenvalue weighted by molar-refractivity contribution is -0.125. The van der Waals surface area contributed by atoms with Gasteiger partial charge in [-0.2, -0.15) is 0 Å². The summed E-state index contributed by atoms with van der Waals surface area (Å²) in [4.78, 5) is 14.3. The Morgan fingerprint density at radius 2 is 2.15 bits per heavy atom. The highest BCUT2D eigenvalue weighted by molar-refractivity contribution is 5.83. The molecule has 1 amide bonds.